The molecule has 0 atom stereocenters. The van der Waals surface area contributed by atoms with Crippen molar-refractivity contribution in [3.05, 3.63) is 58.1 Å². The lowest BCUT2D eigenvalue weighted by Crippen LogP contribution is -2.33. The van der Waals surface area contributed by atoms with Crippen LogP contribution in [0, 0.1) is 10.1 Å². The maximum Gasteiger partial charge on any atom is 0.269 e. The quantitative estimate of drug-likeness (QED) is 0.684. The Morgan fingerprint density at radius 1 is 1.20 bits per heavy atom. The van der Waals surface area contributed by atoms with Gasteiger partial charge < -0.3 is 5.32 Å². The van der Waals surface area contributed by atoms with Crippen LogP contribution in [0.3, 0.4) is 0 Å². The zero-order valence-corrected chi connectivity index (χ0v) is 14.1. The van der Waals surface area contributed by atoms with Gasteiger partial charge in [0, 0.05) is 24.7 Å². The summed E-state index contributed by atoms with van der Waals surface area (Å²) in [6.07, 6.45) is 0. The van der Waals surface area contributed by atoms with Gasteiger partial charge in [-0.05, 0) is 43.7 Å². The molecular weight excluding hydrogens is 322 g/mol. The Morgan fingerprint density at radius 3 is 2.56 bits per heavy atom. The Bertz CT molecular complexity index is 905. The minimum absolute atomic E-state index is 0.0477. The van der Waals surface area contributed by atoms with Gasteiger partial charge in [0.05, 0.1) is 21.7 Å². The van der Waals surface area contributed by atoms with Gasteiger partial charge in [0.2, 0.25) is 11.8 Å². The van der Waals surface area contributed by atoms with Crippen LogP contribution in [0.1, 0.15) is 26.3 Å². The Kier molecular flexibility index (Phi) is 3.79. The van der Waals surface area contributed by atoms with Gasteiger partial charge in [-0.25, -0.2) is 0 Å². The maximum absolute atomic E-state index is 13.0. The van der Waals surface area contributed by atoms with Gasteiger partial charge in [-0.15, -0.1) is 0 Å². The number of nitro benzene ring substituents is 1. The molecule has 128 valence electrons. The first-order valence-electron chi connectivity index (χ1n) is 7.73. The number of non-ortho nitro benzene ring substituents is 1. The van der Waals surface area contributed by atoms with E-state index in [1.807, 2.05) is 0 Å². The first kappa shape index (κ1) is 16.6. The van der Waals surface area contributed by atoms with Crippen molar-refractivity contribution in [3.63, 3.8) is 0 Å². The monoisotopic (exact) mass is 339 g/mol. The second-order valence-corrected chi connectivity index (χ2v) is 6.46. The number of hydrogen-bond donors (Lipinski definition) is 1. The second kappa shape index (κ2) is 5.70. The highest BCUT2D eigenvalue weighted by Crippen LogP contribution is 2.46. The predicted molar refractivity (Wildman–Crippen MR) is 94.0 cm³/mol. The molecule has 2 aromatic carbocycles. The van der Waals surface area contributed by atoms with E-state index in [-0.39, 0.29) is 17.5 Å². The second-order valence-electron chi connectivity index (χ2n) is 6.46. The summed E-state index contributed by atoms with van der Waals surface area (Å²) < 4.78 is 0. The van der Waals surface area contributed by atoms with Gasteiger partial charge in [-0.2, -0.15) is 0 Å². The lowest BCUT2D eigenvalue weighted by molar-refractivity contribution is -0.384. The van der Waals surface area contributed by atoms with E-state index < -0.39 is 10.3 Å². The first-order valence-corrected chi connectivity index (χ1v) is 7.73. The molecule has 1 aliphatic heterocycles. The highest BCUT2D eigenvalue weighted by atomic mass is 16.6. The van der Waals surface area contributed by atoms with Crippen molar-refractivity contribution < 1.29 is 14.5 Å². The number of hydrogen-bond acceptors (Lipinski definition) is 4. The minimum atomic E-state index is -0.884. The Morgan fingerprint density at radius 2 is 1.92 bits per heavy atom. The van der Waals surface area contributed by atoms with Gasteiger partial charge >= 0.3 is 0 Å². The van der Waals surface area contributed by atoms with E-state index in [9.17, 15) is 19.7 Å². The summed E-state index contributed by atoms with van der Waals surface area (Å²) in [6, 6.07) is 11.4. The van der Waals surface area contributed by atoms with E-state index in [1.54, 1.807) is 44.2 Å². The lowest BCUT2D eigenvalue weighted by atomic mass is 9.86. The van der Waals surface area contributed by atoms with Crippen molar-refractivity contribution in [3.8, 4) is 0 Å². The van der Waals surface area contributed by atoms with E-state index in [4.69, 9.17) is 0 Å². The molecule has 0 saturated carbocycles. The molecule has 1 N–H and O–H groups in total. The highest BCUT2D eigenvalue weighted by molar-refractivity contribution is 6.13. The van der Waals surface area contributed by atoms with Crippen LogP contribution in [0.25, 0.3) is 0 Å². The number of carbonyl (C=O) groups excluding carboxylic acids is 2. The number of nitro groups is 1. The van der Waals surface area contributed by atoms with Crippen molar-refractivity contribution in [1.29, 1.82) is 0 Å². The van der Waals surface area contributed by atoms with Crippen LogP contribution < -0.4 is 10.2 Å². The van der Waals surface area contributed by atoms with Crippen molar-refractivity contribution in [2.24, 2.45) is 0 Å². The SMILES string of the molecule is CC(=O)Nc1cccc(N2C(=O)C(C)(C)c3cc([N+](=O)[O-])ccc32)c1. The zero-order chi connectivity index (χ0) is 18.4. The average molecular weight is 339 g/mol. The number of nitrogens with one attached hydrogen (secondary N) is 1. The standard InChI is InChI=1S/C18H17N3O4/c1-11(22)19-12-5-4-6-13(9-12)20-16-8-7-14(21(24)25)10-15(16)18(2,3)17(20)23/h4-10H,1-3H3,(H,19,22). The van der Waals surface area contributed by atoms with Gasteiger partial charge in [-0.1, -0.05) is 6.07 Å². The van der Waals surface area contributed by atoms with Crippen LogP contribution in [0.5, 0.6) is 0 Å². The molecule has 1 aliphatic rings. The van der Waals surface area contributed by atoms with Crippen molar-refractivity contribution in [1.82, 2.24) is 0 Å². The third kappa shape index (κ3) is 2.73. The fourth-order valence-electron chi connectivity index (χ4n) is 3.02. The number of rotatable bonds is 3. The molecule has 2 aromatic rings. The summed E-state index contributed by atoms with van der Waals surface area (Å²) in [7, 11) is 0. The zero-order valence-electron chi connectivity index (χ0n) is 14.1. The molecular formula is C18H17N3O4. The summed E-state index contributed by atoms with van der Waals surface area (Å²) >= 11 is 0. The Labute approximate surface area is 144 Å². The predicted octanol–water partition coefficient (Wildman–Crippen LogP) is 3.51. The first-order chi connectivity index (χ1) is 11.7. The normalized spacial score (nSPS) is 15.0. The van der Waals surface area contributed by atoms with E-state index in [2.05, 4.69) is 5.32 Å². The van der Waals surface area contributed by atoms with E-state index >= 15 is 0 Å². The van der Waals surface area contributed by atoms with Crippen LogP contribution >= 0.6 is 0 Å². The van der Waals surface area contributed by atoms with E-state index in [0.717, 1.165) is 0 Å². The van der Waals surface area contributed by atoms with Crippen LogP contribution in [-0.2, 0) is 15.0 Å². The van der Waals surface area contributed by atoms with E-state index in [0.29, 0.717) is 22.6 Å². The summed E-state index contributed by atoms with van der Waals surface area (Å²) in [4.78, 5) is 36.3. The average Bonchev–Trinajstić information content (AvgIpc) is 2.73. The molecule has 7 nitrogen and oxygen atoms in total. The van der Waals surface area contributed by atoms with E-state index in [1.165, 1.54) is 24.0 Å². The summed E-state index contributed by atoms with van der Waals surface area (Å²) in [6.45, 7) is 4.90. The number of nitrogens with zero attached hydrogens (tertiary/aromatic N) is 2. The largest absolute Gasteiger partial charge is 0.326 e. The molecule has 0 radical (unpaired) electrons. The number of benzene rings is 2. The summed E-state index contributed by atoms with van der Waals surface area (Å²) in [5.41, 5.74) is 1.46. The molecule has 7 heteroatoms. The van der Waals surface area contributed by atoms with Gasteiger partial charge in [0.15, 0.2) is 0 Å². The molecule has 0 unspecified atom stereocenters. The van der Waals surface area contributed by atoms with Crippen LogP contribution in [-0.4, -0.2) is 16.7 Å². The maximum atomic E-state index is 13.0. The van der Waals surface area contributed by atoms with Crippen molar-refractivity contribution >= 4 is 34.6 Å². The fraction of sp³-hybridized carbons (Fsp3) is 0.222. The molecule has 0 fully saturated rings. The molecule has 0 aromatic heterocycles. The number of amides is 2. The van der Waals surface area contributed by atoms with Crippen molar-refractivity contribution in [2.75, 3.05) is 10.2 Å². The van der Waals surface area contributed by atoms with Gasteiger partial charge in [0.25, 0.3) is 5.69 Å². The Hall–Kier alpha value is -3.22. The number of carbonyl (C=O) groups is 2. The molecule has 0 spiro atoms. The molecule has 0 aliphatic carbocycles. The van der Waals surface area contributed by atoms with Gasteiger partial charge in [-0.3, -0.25) is 24.6 Å². The smallest absolute Gasteiger partial charge is 0.269 e. The minimum Gasteiger partial charge on any atom is -0.326 e. The molecule has 1 heterocycles. The third-order valence-electron chi connectivity index (χ3n) is 4.27. The molecule has 0 bridgehead atoms. The van der Waals surface area contributed by atoms with Gasteiger partial charge in [0.1, 0.15) is 0 Å². The molecule has 3 rings (SSSR count). The molecule has 2 amide bonds. The van der Waals surface area contributed by atoms with Crippen LogP contribution in [0.2, 0.25) is 0 Å². The fourth-order valence-corrected chi connectivity index (χ4v) is 3.02. The number of fused-ring (bicyclic) bond motifs is 1. The lowest BCUT2D eigenvalue weighted by Gasteiger charge is -2.21. The topological polar surface area (TPSA) is 92.6 Å². The Balaban J connectivity index is 2.12. The summed E-state index contributed by atoms with van der Waals surface area (Å²) in [5.74, 6) is -0.385. The summed E-state index contributed by atoms with van der Waals surface area (Å²) in [5, 5.41) is 13.7. The highest BCUT2D eigenvalue weighted by Gasteiger charge is 2.45. The van der Waals surface area contributed by atoms with Crippen molar-refractivity contribution in [2.45, 2.75) is 26.2 Å². The molecule has 0 saturated heterocycles. The van der Waals surface area contributed by atoms with Crippen LogP contribution in [0.4, 0.5) is 22.7 Å². The van der Waals surface area contributed by atoms with Crippen LogP contribution in [0.15, 0.2) is 42.5 Å². The number of anilines is 3. The molecule has 25 heavy (non-hydrogen) atoms. The third-order valence-corrected chi connectivity index (χ3v) is 4.27.